The van der Waals surface area contributed by atoms with E-state index in [1.54, 1.807) is 35.4 Å². The number of nitrogens with one attached hydrogen (secondary N) is 1. The summed E-state index contributed by atoms with van der Waals surface area (Å²) < 4.78 is 38.6. The molecule has 0 radical (unpaired) electrons. The SMILES string of the molecule is Cc1c(Cl)cccc1S(=O)(=O)Nc1ccsc1CCOC(=O)N1CCOCC1. The highest BCUT2D eigenvalue weighted by molar-refractivity contribution is 7.92. The second-order valence-corrected chi connectivity index (χ2v) is 9.25. The van der Waals surface area contributed by atoms with Crippen LogP contribution in [0.4, 0.5) is 10.5 Å². The second-order valence-electron chi connectivity index (χ2n) is 6.19. The third-order valence-corrected chi connectivity index (χ3v) is 7.22. The van der Waals surface area contributed by atoms with Gasteiger partial charge in [0.05, 0.1) is 30.4 Å². The zero-order valence-electron chi connectivity index (χ0n) is 15.3. The predicted molar refractivity (Wildman–Crippen MR) is 109 cm³/mol. The van der Waals surface area contributed by atoms with Crippen LogP contribution < -0.4 is 4.72 Å². The van der Waals surface area contributed by atoms with E-state index in [2.05, 4.69) is 4.72 Å². The molecule has 1 N–H and O–H groups in total. The number of sulfonamides is 1. The van der Waals surface area contributed by atoms with E-state index in [0.717, 1.165) is 4.88 Å². The summed E-state index contributed by atoms with van der Waals surface area (Å²) in [4.78, 5) is 14.5. The van der Waals surface area contributed by atoms with Gasteiger partial charge in [-0.05, 0) is 36.1 Å². The Bertz CT molecular complexity index is 939. The molecule has 152 valence electrons. The molecule has 1 aromatic carbocycles. The number of anilines is 1. The number of hydrogen-bond acceptors (Lipinski definition) is 6. The van der Waals surface area contributed by atoms with E-state index in [9.17, 15) is 13.2 Å². The van der Waals surface area contributed by atoms with Crippen LogP contribution in [0.5, 0.6) is 0 Å². The number of nitrogens with zero attached hydrogens (tertiary/aromatic N) is 1. The van der Waals surface area contributed by atoms with E-state index >= 15 is 0 Å². The number of carbonyl (C=O) groups is 1. The molecule has 2 heterocycles. The summed E-state index contributed by atoms with van der Waals surface area (Å²) in [5.41, 5.74) is 0.972. The minimum Gasteiger partial charge on any atom is -0.449 e. The largest absolute Gasteiger partial charge is 0.449 e. The molecule has 28 heavy (non-hydrogen) atoms. The van der Waals surface area contributed by atoms with Gasteiger partial charge in [-0.3, -0.25) is 4.72 Å². The maximum absolute atomic E-state index is 12.7. The lowest BCUT2D eigenvalue weighted by Gasteiger charge is -2.25. The van der Waals surface area contributed by atoms with Crippen molar-refractivity contribution in [3.8, 4) is 0 Å². The van der Waals surface area contributed by atoms with E-state index in [1.165, 1.54) is 17.4 Å². The maximum atomic E-state index is 12.7. The predicted octanol–water partition coefficient (Wildman–Crippen LogP) is 3.52. The molecule has 2 aromatic rings. The lowest BCUT2D eigenvalue weighted by Crippen LogP contribution is -2.41. The highest BCUT2D eigenvalue weighted by Gasteiger charge is 2.21. The van der Waals surface area contributed by atoms with Gasteiger partial charge in [0.15, 0.2) is 0 Å². The van der Waals surface area contributed by atoms with Crippen molar-refractivity contribution in [3.63, 3.8) is 0 Å². The zero-order valence-corrected chi connectivity index (χ0v) is 17.7. The van der Waals surface area contributed by atoms with Gasteiger partial charge in [-0.15, -0.1) is 11.3 Å². The van der Waals surface area contributed by atoms with E-state index in [1.807, 2.05) is 0 Å². The Hall–Kier alpha value is -1.81. The maximum Gasteiger partial charge on any atom is 0.409 e. The lowest BCUT2D eigenvalue weighted by molar-refractivity contribution is 0.0275. The van der Waals surface area contributed by atoms with Crippen molar-refractivity contribution in [1.82, 2.24) is 4.90 Å². The van der Waals surface area contributed by atoms with Crippen molar-refractivity contribution in [1.29, 1.82) is 0 Å². The Morgan fingerprint density at radius 3 is 2.82 bits per heavy atom. The van der Waals surface area contributed by atoms with E-state index in [-0.39, 0.29) is 17.6 Å². The molecule has 0 unspecified atom stereocenters. The van der Waals surface area contributed by atoms with E-state index in [0.29, 0.717) is 49.0 Å². The first-order valence-corrected chi connectivity index (χ1v) is 11.5. The first-order chi connectivity index (χ1) is 13.4. The fourth-order valence-corrected chi connectivity index (χ4v) is 5.24. The van der Waals surface area contributed by atoms with Gasteiger partial charge < -0.3 is 14.4 Å². The number of benzene rings is 1. The molecule has 1 aliphatic heterocycles. The molecule has 3 rings (SSSR count). The summed E-state index contributed by atoms with van der Waals surface area (Å²) in [5, 5.41) is 2.19. The first kappa shape index (κ1) is 20.9. The molecule has 1 fully saturated rings. The van der Waals surface area contributed by atoms with Crippen LogP contribution in [-0.2, 0) is 25.9 Å². The summed E-state index contributed by atoms with van der Waals surface area (Å²) in [5.74, 6) is 0. The number of thiophene rings is 1. The number of hydrogen-bond donors (Lipinski definition) is 1. The highest BCUT2D eigenvalue weighted by Crippen LogP contribution is 2.28. The quantitative estimate of drug-likeness (QED) is 0.736. The van der Waals surface area contributed by atoms with Crippen molar-refractivity contribution in [2.24, 2.45) is 0 Å². The molecule has 0 aliphatic carbocycles. The van der Waals surface area contributed by atoms with Crippen LogP contribution in [0.15, 0.2) is 34.5 Å². The number of amides is 1. The average Bonchev–Trinajstić information content (AvgIpc) is 3.10. The Balaban J connectivity index is 1.62. The van der Waals surface area contributed by atoms with Crippen LogP contribution in [0.1, 0.15) is 10.4 Å². The minimum atomic E-state index is -3.78. The highest BCUT2D eigenvalue weighted by atomic mass is 35.5. The second kappa shape index (κ2) is 9.13. The number of ether oxygens (including phenoxy) is 2. The molecule has 7 nitrogen and oxygen atoms in total. The topological polar surface area (TPSA) is 84.9 Å². The van der Waals surface area contributed by atoms with Gasteiger partial charge in [-0.1, -0.05) is 17.7 Å². The molecule has 0 saturated carbocycles. The molecule has 1 amide bonds. The van der Waals surface area contributed by atoms with Crippen LogP contribution in [-0.4, -0.2) is 52.3 Å². The minimum absolute atomic E-state index is 0.135. The van der Waals surface area contributed by atoms with Gasteiger partial charge in [0.1, 0.15) is 0 Å². The Kier molecular flexibility index (Phi) is 6.82. The molecule has 1 aliphatic rings. The summed E-state index contributed by atoms with van der Waals surface area (Å²) in [7, 11) is -3.78. The van der Waals surface area contributed by atoms with Gasteiger partial charge >= 0.3 is 6.09 Å². The molecular weight excluding hydrogens is 424 g/mol. The van der Waals surface area contributed by atoms with E-state index in [4.69, 9.17) is 21.1 Å². The van der Waals surface area contributed by atoms with Gasteiger partial charge in [-0.2, -0.15) is 0 Å². The zero-order chi connectivity index (χ0) is 20.1. The Morgan fingerprint density at radius 2 is 2.07 bits per heavy atom. The molecule has 1 saturated heterocycles. The van der Waals surface area contributed by atoms with Crippen molar-refractivity contribution in [2.75, 3.05) is 37.6 Å². The van der Waals surface area contributed by atoms with Crippen LogP contribution in [0, 0.1) is 6.92 Å². The van der Waals surface area contributed by atoms with Crippen LogP contribution in [0.2, 0.25) is 5.02 Å². The monoisotopic (exact) mass is 444 g/mol. The fourth-order valence-electron chi connectivity index (χ4n) is 2.77. The van der Waals surface area contributed by atoms with E-state index < -0.39 is 10.0 Å². The number of halogens is 1. The summed E-state index contributed by atoms with van der Waals surface area (Å²) >= 11 is 7.45. The number of morpholine rings is 1. The third-order valence-electron chi connectivity index (χ3n) is 4.32. The molecule has 0 spiro atoms. The smallest absolute Gasteiger partial charge is 0.409 e. The Labute approximate surface area is 173 Å². The van der Waals surface area contributed by atoms with Crippen molar-refractivity contribution in [2.45, 2.75) is 18.2 Å². The van der Waals surface area contributed by atoms with Crippen molar-refractivity contribution in [3.05, 3.63) is 45.1 Å². The van der Waals surface area contributed by atoms with Crippen molar-refractivity contribution < 1.29 is 22.7 Å². The van der Waals surface area contributed by atoms with Crippen LogP contribution in [0.25, 0.3) is 0 Å². The van der Waals surface area contributed by atoms with Crippen molar-refractivity contribution >= 4 is 44.7 Å². The fraction of sp³-hybridized carbons (Fsp3) is 0.389. The van der Waals surface area contributed by atoms with Gasteiger partial charge in [0, 0.05) is 29.4 Å². The number of rotatable bonds is 6. The molecule has 0 atom stereocenters. The Morgan fingerprint density at radius 1 is 1.32 bits per heavy atom. The van der Waals surface area contributed by atoms with Crippen LogP contribution >= 0.6 is 22.9 Å². The lowest BCUT2D eigenvalue weighted by atomic mass is 10.2. The average molecular weight is 445 g/mol. The van der Waals surface area contributed by atoms with Gasteiger partial charge in [0.25, 0.3) is 10.0 Å². The standard InChI is InChI=1S/C18H21ClN2O5S2/c1-13-14(19)3-2-4-17(13)28(23,24)20-15-6-12-27-16(15)5-9-26-18(22)21-7-10-25-11-8-21/h2-4,6,12,20H,5,7-11H2,1H3. The van der Waals surface area contributed by atoms with Gasteiger partial charge in [-0.25, -0.2) is 13.2 Å². The van der Waals surface area contributed by atoms with Gasteiger partial charge in [0.2, 0.25) is 0 Å². The third kappa shape index (κ3) is 4.96. The molecular formula is C18H21ClN2O5S2. The summed E-state index contributed by atoms with van der Waals surface area (Å²) in [6.07, 6.45) is 0.0386. The molecule has 1 aromatic heterocycles. The number of carbonyl (C=O) groups excluding carboxylic acids is 1. The summed E-state index contributed by atoms with van der Waals surface area (Å²) in [6.45, 7) is 3.88. The first-order valence-electron chi connectivity index (χ1n) is 8.72. The molecule has 10 heteroatoms. The normalized spacial score (nSPS) is 14.7. The van der Waals surface area contributed by atoms with Crippen LogP contribution in [0.3, 0.4) is 0 Å². The summed E-state index contributed by atoms with van der Waals surface area (Å²) in [6, 6.07) is 6.46. The molecule has 0 bridgehead atoms.